The first-order valence-corrected chi connectivity index (χ1v) is 8.68. The first-order chi connectivity index (χ1) is 11.0. The summed E-state index contributed by atoms with van der Waals surface area (Å²) in [6.07, 6.45) is 13.3. The number of carboxylic acids is 1. The van der Waals surface area contributed by atoms with E-state index in [0.29, 0.717) is 11.5 Å². The van der Waals surface area contributed by atoms with Crippen LogP contribution in [-0.4, -0.2) is 17.2 Å². The van der Waals surface area contributed by atoms with Gasteiger partial charge in [-0.15, -0.1) is 0 Å². The van der Waals surface area contributed by atoms with E-state index < -0.39 is 5.97 Å². The maximum Gasteiger partial charge on any atom is 0.121 e. The van der Waals surface area contributed by atoms with E-state index in [4.69, 9.17) is 4.74 Å². The van der Waals surface area contributed by atoms with Crippen molar-refractivity contribution in [3.63, 3.8) is 0 Å². The van der Waals surface area contributed by atoms with E-state index in [9.17, 15) is 9.90 Å². The fraction of sp³-hybridized carbons (Fsp3) is 0.571. The number of ether oxygens (including phenoxy) is 1. The molecule has 0 aromatic heterocycles. The van der Waals surface area contributed by atoms with Gasteiger partial charge in [0.1, 0.15) is 5.60 Å². The van der Waals surface area contributed by atoms with Gasteiger partial charge in [-0.05, 0) is 57.3 Å². The predicted molar refractivity (Wildman–Crippen MR) is 95.2 cm³/mol. The van der Waals surface area contributed by atoms with Gasteiger partial charge in [0, 0.05) is 5.41 Å². The van der Waals surface area contributed by atoms with Crippen LogP contribution in [0.25, 0.3) is 0 Å². The Morgan fingerprint density at radius 1 is 1.17 bits per heavy atom. The van der Waals surface area contributed by atoms with Crippen LogP contribution >= 0.6 is 0 Å². The minimum atomic E-state index is -1.17. The molecule has 2 rings (SSSR count). The Labute approximate surface area is 145 Å². The number of hydrogen-bond acceptors (Lipinski definition) is 3. The summed E-state index contributed by atoms with van der Waals surface area (Å²) in [5, 5.41) is 10.5. The maximum absolute atomic E-state index is 10.5. The molecule has 2 aliphatic rings. The average Bonchev–Trinajstić information content (AvgIpc) is 3.09. The zero-order valence-electron chi connectivity index (χ0n) is 15.7. The molecule has 24 heavy (non-hydrogen) atoms. The molecular formula is C21H29O3-. The molecule has 3 atom stereocenters. The van der Waals surface area contributed by atoms with Crippen molar-refractivity contribution in [2.24, 2.45) is 11.3 Å². The normalized spacial score (nSPS) is 36.2. The minimum absolute atomic E-state index is 0.0383. The fourth-order valence-electron chi connectivity index (χ4n) is 3.91. The zero-order valence-corrected chi connectivity index (χ0v) is 15.7. The highest BCUT2D eigenvalue weighted by Crippen LogP contribution is 2.67. The Morgan fingerprint density at radius 3 is 2.46 bits per heavy atom. The molecule has 1 aliphatic heterocycles. The number of aliphatic carboxylic acids is 1. The van der Waals surface area contributed by atoms with E-state index >= 15 is 0 Å². The van der Waals surface area contributed by atoms with Crippen molar-refractivity contribution < 1.29 is 14.6 Å². The first-order valence-electron chi connectivity index (χ1n) is 8.68. The van der Waals surface area contributed by atoms with Crippen molar-refractivity contribution >= 4 is 5.97 Å². The SMILES string of the molecule is CC(/C=C/C12OC1(C)CCC(C)C2(C)C)=C\C=C\C(C)=C\C(=O)[O-]. The number of carbonyl (C=O) groups is 1. The third kappa shape index (κ3) is 3.27. The molecule has 0 spiro atoms. The summed E-state index contributed by atoms with van der Waals surface area (Å²) in [4.78, 5) is 10.5. The molecule has 1 aliphatic carbocycles. The Bertz CT molecular complexity index is 635. The summed E-state index contributed by atoms with van der Waals surface area (Å²) in [6, 6.07) is 0. The quantitative estimate of drug-likeness (QED) is 0.439. The third-order valence-corrected chi connectivity index (χ3v) is 6.02. The van der Waals surface area contributed by atoms with Crippen LogP contribution in [-0.2, 0) is 9.53 Å². The molecule has 2 fully saturated rings. The van der Waals surface area contributed by atoms with E-state index in [1.807, 2.05) is 19.1 Å². The summed E-state index contributed by atoms with van der Waals surface area (Å²) >= 11 is 0. The molecule has 0 aromatic rings. The fourth-order valence-corrected chi connectivity index (χ4v) is 3.91. The van der Waals surface area contributed by atoms with E-state index in [-0.39, 0.29) is 16.6 Å². The standard InChI is InChI=1S/C21H30O3/c1-15(8-7-9-16(2)14-18(22)23)10-13-21-19(4,5)17(3)11-12-20(21,6)24-21/h7-10,13-14,17H,11-12H2,1-6H3,(H,22,23)/p-1/b9-7+,13-10+,15-8+,16-14+. The van der Waals surface area contributed by atoms with Gasteiger partial charge in [0.15, 0.2) is 0 Å². The molecule has 3 unspecified atom stereocenters. The number of hydrogen-bond donors (Lipinski definition) is 0. The molecule has 0 N–H and O–H groups in total. The largest absolute Gasteiger partial charge is 0.545 e. The predicted octanol–water partition coefficient (Wildman–Crippen LogP) is 3.73. The van der Waals surface area contributed by atoms with E-state index in [2.05, 4.69) is 39.8 Å². The van der Waals surface area contributed by atoms with Crippen LogP contribution in [0.4, 0.5) is 0 Å². The van der Waals surface area contributed by atoms with Gasteiger partial charge in [0.25, 0.3) is 0 Å². The van der Waals surface area contributed by atoms with Crippen LogP contribution in [0.1, 0.15) is 54.4 Å². The molecule has 1 saturated heterocycles. The van der Waals surface area contributed by atoms with Gasteiger partial charge >= 0.3 is 0 Å². The minimum Gasteiger partial charge on any atom is -0.545 e. The Balaban J connectivity index is 2.11. The first kappa shape index (κ1) is 18.7. The molecule has 0 aromatic carbocycles. The smallest absolute Gasteiger partial charge is 0.121 e. The Kier molecular flexibility index (Phi) is 4.96. The Hall–Kier alpha value is -1.61. The topological polar surface area (TPSA) is 52.7 Å². The highest BCUT2D eigenvalue weighted by molar-refractivity contribution is 5.79. The van der Waals surface area contributed by atoms with Crippen molar-refractivity contribution in [2.45, 2.75) is 65.6 Å². The van der Waals surface area contributed by atoms with Crippen molar-refractivity contribution in [2.75, 3.05) is 0 Å². The van der Waals surface area contributed by atoms with E-state index in [1.165, 1.54) is 6.42 Å². The summed E-state index contributed by atoms with van der Waals surface area (Å²) in [5.41, 5.74) is 1.65. The van der Waals surface area contributed by atoms with Crippen molar-refractivity contribution in [1.29, 1.82) is 0 Å². The molecule has 3 heteroatoms. The van der Waals surface area contributed by atoms with Gasteiger partial charge in [-0.3, -0.25) is 0 Å². The molecule has 1 heterocycles. The second-order valence-electron chi connectivity index (χ2n) is 8.04. The summed E-state index contributed by atoms with van der Waals surface area (Å²) in [5.74, 6) is -0.546. The number of carbonyl (C=O) groups excluding carboxylic acids is 1. The number of rotatable bonds is 5. The molecule has 0 bridgehead atoms. The molecule has 0 amide bonds. The van der Waals surface area contributed by atoms with Crippen molar-refractivity contribution in [3.8, 4) is 0 Å². The molecule has 1 saturated carbocycles. The summed E-state index contributed by atoms with van der Waals surface area (Å²) in [6.45, 7) is 12.9. The maximum atomic E-state index is 10.5. The van der Waals surface area contributed by atoms with Gasteiger partial charge in [0.05, 0.1) is 11.6 Å². The lowest BCUT2D eigenvalue weighted by Gasteiger charge is -2.42. The summed E-state index contributed by atoms with van der Waals surface area (Å²) < 4.78 is 6.26. The second kappa shape index (κ2) is 6.36. The van der Waals surface area contributed by atoms with Crippen LogP contribution in [0.5, 0.6) is 0 Å². The van der Waals surface area contributed by atoms with Crippen molar-refractivity contribution in [3.05, 3.63) is 47.6 Å². The van der Waals surface area contributed by atoms with E-state index in [1.54, 1.807) is 13.0 Å². The van der Waals surface area contributed by atoms with Crippen LogP contribution in [0.2, 0.25) is 0 Å². The van der Waals surface area contributed by atoms with Gasteiger partial charge in [-0.25, -0.2) is 0 Å². The van der Waals surface area contributed by atoms with Crippen LogP contribution in [0, 0.1) is 11.3 Å². The number of epoxide rings is 1. The molecule has 132 valence electrons. The lowest BCUT2D eigenvalue weighted by atomic mass is 9.59. The van der Waals surface area contributed by atoms with Gasteiger partial charge in [-0.2, -0.15) is 0 Å². The Morgan fingerprint density at radius 2 is 1.83 bits per heavy atom. The summed E-state index contributed by atoms with van der Waals surface area (Å²) in [7, 11) is 0. The second-order valence-corrected chi connectivity index (χ2v) is 8.04. The van der Waals surface area contributed by atoms with Crippen LogP contribution in [0.3, 0.4) is 0 Å². The van der Waals surface area contributed by atoms with Crippen molar-refractivity contribution in [1.82, 2.24) is 0 Å². The number of carboxylic acid groups (broad SMARTS) is 1. The number of fused-ring (bicyclic) bond motifs is 1. The lowest BCUT2D eigenvalue weighted by molar-refractivity contribution is -0.297. The zero-order chi connectivity index (χ0) is 18.2. The van der Waals surface area contributed by atoms with Crippen LogP contribution in [0.15, 0.2) is 47.6 Å². The van der Waals surface area contributed by atoms with Gasteiger partial charge in [0.2, 0.25) is 0 Å². The average molecular weight is 329 g/mol. The number of allylic oxidation sites excluding steroid dienone is 6. The third-order valence-electron chi connectivity index (χ3n) is 6.02. The monoisotopic (exact) mass is 329 g/mol. The molecule has 3 nitrogen and oxygen atoms in total. The van der Waals surface area contributed by atoms with Gasteiger partial charge in [-0.1, -0.05) is 50.6 Å². The highest BCUT2D eigenvalue weighted by atomic mass is 16.6. The molecular weight excluding hydrogens is 300 g/mol. The van der Waals surface area contributed by atoms with Gasteiger partial charge < -0.3 is 14.6 Å². The van der Waals surface area contributed by atoms with Crippen LogP contribution < -0.4 is 5.11 Å². The van der Waals surface area contributed by atoms with E-state index in [0.717, 1.165) is 18.1 Å². The lowest BCUT2D eigenvalue weighted by Crippen LogP contribution is -2.46. The highest BCUT2D eigenvalue weighted by Gasteiger charge is 2.74. The molecule has 0 radical (unpaired) electrons.